The molecule has 0 aliphatic heterocycles. The third-order valence-electron chi connectivity index (χ3n) is 4.80. The van der Waals surface area contributed by atoms with E-state index in [9.17, 15) is 0 Å². The summed E-state index contributed by atoms with van der Waals surface area (Å²) in [6.45, 7) is 11.6. The van der Waals surface area contributed by atoms with Crippen molar-refractivity contribution in [1.82, 2.24) is 15.8 Å². The normalized spacial score (nSPS) is 11.6. The monoisotopic (exact) mass is 416 g/mol. The van der Waals surface area contributed by atoms with Crippen molar-refractivity contribution in [3.05, 3.63) is 46.3 Å². The molecule has 30 heavy (non-hydrogen) atoms. The van der Waals surface area contributed by atoms with Crippen LogP contribution in [0.3, 0.4) is 0 Å². The van der Waals surface area contributed by atoms with Crippen LogP contribution in [-0.4, -0.2) is 44.5 Å². The highest BCUT2D eigenvalue weighted by atomic mass is 16.5. The molecule has 0 aliphatic rings. The van der Waals surface area contributed by atoms with Crippen molar-refractivity contribution in [2.24, 2.45) is 4.99 Å². The summed E-state index contributed by atoms with van der Waals surface area (Å²) < 4.78 is 16.3. The van der Waals surface area contributed by atoms with Crippen molar-refractivity contribution in [3.8, 4) is 5.75 Å². The summed E-state index contributed by atoms with van der Waals surface area (Å²) in [5.74, 6) is 2.61. The smallest absolute Gasteiger partial charge is 0.191 e. The predicted molar refractivity (Wildman–Crippen MR) is 120 cm³/mol. The van der Waals surface area contributed by atoms with Gasteiger partial charge in [-0.05, 0) is 52.2 Å². The van der Waals surface area contributed by atoms with Crippen LogP contribution in [0, 0.1) is 20.8 Å². The van der Waals surface area contributed by atoms with Gasteiger partial charge in [-0.2, -0.15) is 0 Å². The molecule has 0 bridgehead atoms. The molecule has 7 heteroatoms. The molecule has 0 aliphatic carbocycles. The van der Waals surface area contributed by atoms with Gasteiger partial charge in [0.2, 0.25) is 0 Å². The first-order valence-electron chi connectivity index (χ1n) is 10.7. The summed E-state index contributed by atoms with van der Waals surface area (Å²) >= 11 is 0. The molecule has 1 aromatic carbocycles. The highest BCUT2D eigenvalue weighted by Gasteiger charge is 2.09. The maximum absolute atomic E-state index is 5.97. The zero-order valence-electron chi connectivity index (χ0n) is 19.0. The van der Waals surface area contributed by atoms with Crippen LogP contribution in [0.15, 0.2) is 27.7 Å². The molecule has 0 fully saturated rings. The van der Waals surface area contributed by atoms with Crippen molar-refractivity contribution >= 4 is 5.96 Å². The van der Waals surface area contributed by atoms with Crippen molar-refractivity contribution in [3.63, 3.8) is 0 Å². The molecule has 166 valence electrons. The largest absolute Gasteiger partial charge is 0.493 e. The second-order valence-electron chi connectivity index (χ2n) is 7.33. The fourth-order valence-corrected chi connectivity index (χ4v) is 3.15. The van der Waals surface area contributed by atoms with Crippen molar-refractivity contribution < 1.29 is 14.0 Å². The molecule has 2 aromatic rings. The molecule has 7 nitrogen and oxygen atoms in total. The van der Waals surface area contributed by atoms with E-state index in [0.29, 0.717) is 19.8 Å². The number of benzene rings is 1. The first-order valence-corrected chi connectivity index (χ1v) is 10.7. The summed E-state index contributed by atoms with van der Waals surface area (Å²) in [5.41, 5.74) is 4.43. The molecule has 2 rings (SSSR count). The number of methoxy groups -OCH3 is 1. The summed E-state index contributed by atoms with van der Waals surface area (Å²) in [5, 5.41) is 10.7. The van der Waals surface area contributed by atoms with E-state index >= 15 is 0 Å². The van der Waals surface area contributed by atoms with Crippen LogP contribution < -0.4 is 15.4 Å². The Morgan fingerprint density at radius 3 is 2.67 bits per heavy atom. The third-order valence-corrected chi connectivity index (χ3v) is 4.80. The van der Waals surface area contributed by atoms with E-state index in [-0.39, 0.29) is 0 Å². The van der Waals surface area contributed by atoms with E-state index in [1.807, 2.05) is 13.8 Å². The number of nitrogens with one attached hydrogen (secondary N) is 2. The lowest BCUT2D eigenvalue weighted by Gasteiger charge is -2.14. The van der Waals surface area contributed by atoms with E-state index in [0.717, 1.165) is 61.1 Å². The van der Waals surface area contributed by atoms with Crippen molar-refractivity contribution in [2.75, 3.05) is 33.4 Å². The lowest BCUT2D eigenvalue weighted by atomic mass is 10.1. The average molecular weight is 417 g/mol. The topological polar surface area (TPSA) is 80.9 Å². The van der Waals surface area contributed by atoms with Gasteiger partial charge in [0.1, 0.15) is 11.5 Å². The van der Waals surface area contributed by atoms with Crippen LogP contribution >= 0.6 is 0 Å². The summed E-state index contributed by atoms with van der Waals surface area (Å²) in [4.78, 5) is 4.75. The SMILES string of the molecule is CCNC(=NCc1ccc(C)cc1OCCCOC)NCCCc1c(C)noc1C. The van der Waals surface area contributed by atoms with Gasteiger partial charge in [0.25, 0.3) is 0 Å². The fourth-order valence-electron chi connectivity index (χ4n) is 3.15. The van der Waals surface area contributed by atoms with Gasteiger partial charge >= 0.3 is 0 Å². The molecule has 0 radical (unpaired) electrons. The lowest BCUT2D eigenvalue weighted by molar-refractivity contribution is 0.172. The Bertz CT molecular complexity index is 782. The highest BCUT2D eigenvalue weighted by Crippen LogP contribution is 2.21. The quantitative estimate of drug-likeness (QED) is 0.312. The van der Waals surface area contributed by atoms with Crippen molar-refractivity contribution in [2.45, 2.75) is 53.5 Å². The highest BCUT2D eigenvalue weighted by molar-refractivity contribution is 5.79. The molecule has 0 spiro atoms. The fraction of sp³-hybridized carbons (Fsp3) is 0.565. The summed E-state index contributed by atoms with van der Waals surface area (Å²) in [6.07, 6.45) is 2.78. The van der Waals surface area contributed by atoms with Gasteiger partial charge in [-0.1, -0.05) is 17.3 Å². The zero-order valence-corrected chi connectivity index (χ0v) is 19.0. The predicted octanol–water partition coefficient (Wildman–Crippen LogP) is 3.70. The maximum Gasteiger partial charge on any atom is 0.191 e. The second kappa shape index (κ2) is 12.9. The molecular weight excluding hydrogens is 380 g/mol. The molecule has 1 aromatic heterocycles. The van der Waals surface area contributed by atoms with E-state index in [1.54, 1.807) is 7.11 Å². The number of rotatable bonds is 12. The minimum Gasteiger partial charge on any atom is -0.493 e. The second-order valence-corrected chi connectivity index (χ2v) is 7.33. The third kappa shape index (κ3) is 7.71. The Hall–Kier alpha value is -2.54. The van der Waals surface area contributed by atoms with Gasteiger partial charge in [0.05, 0.1) is 18.8 Å². The lowest BCUT2D eigenvalue weighted by Crippen LogP contribution is -2.37. The van der Waals surface area contributed by atoms with Gasteiger partial charge in [-0.15, -0.1) is 0 Å². The van der Waals surface area contributed by atoms with Gasteiger partial charge in [0, 0.05) is 44.4 Å². The molecule has 0 saturated heterocycles. The molecule has 0 unspecified atom stereocenters. The Balaban J connectivity index is 1.91. The van der Waals surface area contributed by atoms with E-state index < -0.39 is 0 Å². The average Bonchev–Trinajstić information content (AvgIpc) is 3.05. The van der Waals surface area contributed by atoms with Crippen molar-refractivity contribution in [1.29, 1.82) is 0 Å². The Kier molecular flexibility index (Phi) is 10.2. The van der Waals surface area contributed by atoms with Gasteiger partial charge in [-0.3, -0.25) is 0 Å². The Morgan fingerprint density at radius 2 is 1.97 bits per heavy atom. The Morgan fingerprint density at radius 1 is 1.13 bits per heavy atom. The molecular formula is C23H36N4O3. The number of guanidine groups is 1. The number of aromatic nitrogens is 1. The van der Waals surface area contributed by atoms with Gasteiger partial charge in [-0.25, -0.2) is 4.99 Å². The van der Waals surface area contributed by atoms with Gasteiger partial charge < -0.3 is 24.6 Å². The number of hydrogen-bond donors (Lipinski definition) is 2. The minimum absolute atomic E-state index is 0.555. The molecule has 1 heterocycles. The number of aryl methyl sites for hydroxylation is 3. The minimum atomic E-state index is 0.555. The standard InChI is InChI=1S/C23H36N4O3/c1-6-24-23(25-12-7-9-21-18(3)27-30-19(21)4)26-16-20-11-10-17(2)15-22(20)29-14-8-13-28-5/h10-11,15H,6-9,12-14,16H2,1-5H3,(H2,24,25,26). The number of nitrogens with zero attached hydrogens (tertiary/aromatic N) is 2. The van der Waals surface area contributed by atoms with Gasteiger partial charge in [0.15, 0.2) is 5.96 Å². The first-order chi connectivity index (χ1) is 14.5. The van der Waals surface area contributed by atoms with E-state index in [4.69, 9.17) is 19.0 Å². The zero-order chi connectivity index (χ0) is 21.8. The molecule has 2 N–H and O–H groups in total. The van der Waals surface area contributed by atoms with Crippen LogP contribution in [0.25, 0.3) is 0 Å². The van der Waals surface area contributed by atoms with E-state index in [1.165, 1.54) is 11.1 Å². The number of aliphatic imine (C=N–C) groups is 1. The van der Waals surface area contributed by atoms with E-state index in [2.05, 4.69) is 47.8 Å². The number of ether oxygens (including phenoxy) is 2. The Labute approximate surface area is 180 Å². The van der Waals surface area contributed by atoms with Crippen LogP contribution in [0.4, 0.5) is 0 Å². The first kappa shape index (κ1) is 23.7. The number of hydrogen-bond acceptors (Lipinski definition) is 5. The van der Waals surface area contributed by atoms with Crippen LogP contribution in [0.2, 0.25) is 0 Å². The van der Waals surface area contributed by atoms with Crippen LogP contribution in [0.1, 0.15) is 47.9 Å². The van der Waals surface area contributed by atoms with Crippen LogP contribution in [-0.2, 0) is 17.7 Å². The summed E-state index contributed by atoms with van der Waals surface area (Å²) in [7, 11) is 1.70. The summed E-state index contributed by atoms with van der Waals surface area (Å²) in [6, 6.07) is 6.25. The van der Waals surface area contributed by atoms with Crippen LogP contribution in [0.5, 0.6) is 5.75 Å². The molecule has 0 saturated carbocycles. The maximum atomic E-state index is 5.97. The molecule has 0 amide bonds. The molecule has 0 atom stereocenters.